The second-order valence-corrected chi connectivity index (χ2v) is 5.23. The summed E-state index contributed by atoms with van der Waals surface area (Å²) >= 11 is 0. The van der Waals surface area contributed by atoms with E-state index < -0.39 is 0 Å². The lowest BCUT2D eigenvalue weighted by molar-refractivity contribution is 0.469. The van der Waals surface area contributed by atoms with Crippen molar-refractivity contribution in [1.29, 1.82) is 0 Å². The third-order valence-electron chi connectivity index (χ3n) is 3.24. The van der Waals surface area contributed by atoms with Gasteiger partial charge in [-0.1, -0.05) is 12.1 Å². The molecule has 0 spiro atoms. The summed E-state index contributed by atoms with van der Waals surface area (Å²) in [6, 6.07) is 7.51. The Hall–Kier alpha value is -2.29. The van der Waals surface area contributed by atoms with Gasteiger partial charge in [0.1, 0.15) is 17.2 Å². The summed E-state index contributed by atoms with van der Waals surface area (Å²) in [5, 5.41) is 20.0. The van der Waals surface area contributed by atoms with Crippen molar-refractivity contribution in [3.05, 3.63) is 52.1 Å². The molecule has 0 atom stereocenters. The lowest BCUT2D eigenvalue weighted by atomic mass is 10.1. The molecular weight excluding hydrogens is 250 g/mol. The number of rotatable bonds is 2. The van der Waals surface area contributed by atoms with E-state index in [1.54, 1.807) is 6.21 Å². The average Bonchev–Trinajstić information content (AvgIpc) is 2.37. The van der Waals surface area contributed by atoms with Crippen LogP contribution >= 0.6 is 0 Å². The summed E-state index contributed by atoms with van der Waals surface area (Å²) in [5.74, 6) is 0.402. The largest absolute Gasteiger partial charge is 0.507 e. The molecule has 3 heteroatoms. The molecule has 0 amide bonds. The molecule has 20 heavy (non-hydrogen) atoms. The maximum atomic E-state index is 10.0. The number of aryl methyl sites for hydroxylation is 4. The number of hydrogen-bond donors (Lipinski definition) is 2. The molecule has 0 aliphatic heterocycles. The fourth-order valence-corrected chi connectivity index (χ4v) is 2.27. The van der Waals surface area contributed by atoms with Crippen molar-refractivity contribution in [2.24, 2.45) is 4.99 Å². The van der Waals surface area contributed by atoms with Crippen LogP contribution in [0.3, 0.4) is 0 Å². The van der Waals surface area contributed by atoms with Crippen molar-refractivity contribution >= 4 is 11.9 Å². The molecule has 0 radical (unpaired) electrons. The van der Waals surface area contributed by atoms with Crippen molar-refractivity contribution in [3.8, 4) is 11.5 Å². The van der Waals surface area contributed by atoms with Crippen LogP contribution in [0.4, 0.5) is 5.69 Å². The normalized spacial score (nSPS) is 11.2. The number of nitrogens with zero attached hydrogens (tertiary/aromatic N) is 1. The van der Waals surface area contributed by atoms with Crippen molar-refractivity contribution in [2.75, 3.05) is 0 Å². The van der Waals surface area contributed by atoms with Gasteiger partial charge in [0.2, 0.25) is 0 Å². The molecule has 0 saturated heterocycles. The third-order valence-corrected chi connectivity index (χ3v) is 3.24. The number of hydrogen-bond acceptors (Lipinski definition) is 3. The topological polar surface area (TPSA) is 52.8 Å². The van der Waals surface area contributed by atoms with Gasteiger partial charge < -0.3 is 10.2 Å². The lowest BCUT2D eigenvalue weighted by Gasteiger charge is -2.06. The van der Waals surface area contributed by atoms with Gasteiger partial charge in [-0.25, -0.2) is 0 Å². The van der Waals surface area contributed by atoms with Gasteiger partial charge in [-0.05, 0) is 62.1 Å². The van der Waals surface area contributed by atoms with E-state index in [0.717, 1.165) is 22.3 Å². The van der Waals surface area contributed by atoms with E-state index in [4.69, 9.17) is 0 Å². The molecule has 104 valence electrons. The standard InChI is InChI=1S/C17H19NO2/c1-10-5-12(3)16(19)14(7-10)9-18-15-8-11(2)6-13(4)17(15)20/h5-9,19-20H,1-4H3. The second-order valence-electron chi connectivity index (χ2n) is 5.23. The zero-order valence-corrected chi connectivity index (χ0v) is 12.2. The highest BCUT2D eigenvalue weighted by Gasteiger charge is 2.06. The summed E-state index contributed by atoms with van der Waals surface area (Å²) in [6.07, 6.45) is 1.59. The van der Waals surface area contributed by atoms with E-state index in [2.05, 4.69) is 4.99 Å². The highest BCUT2D eigenvalue weighted by atomic mass is 16.3. The van der Waals surface area contributed by atoms with Gasteiger partial charge >= 0.3 is 0 Å². The van der Waals surface area contributed by atoms with Gasteiger partial charge in [-0.15, -0.1) is 0 Å². The molecular formula is C17H19NO2. The first-order valence-corrected chi connectivity index (χ1v) is 6.53. The Labute approximate surface area is 119 Å². The highest BCUT2D eigenvalue weighted by Crippen LogP contribution is 2.31. The molecule has 2 N–H and O–H groups in total. The Morgan fingerprint density at radius 3 is 2.00 bits per heavy atom. The molecule has 0 aromatic heterocycles. The van der Waals surface area contributed by atoms with Crippen LogP contribution in [0.5, 0.6) is 11.5 Å². The maximum absolute atomic E-state index is 10.0. The molecule has 2 aromatic rings. The third kappa shape index (κ3) is 2.82. The molecule has 0 heterocycles. The molecule has 2 rings (SSSR count). The van der Waals surface area contributed by atoms with Gasteiger partial charge in [-0.2, -0.15) is 0 Å². The van der Waals surface area contributed by atoms with Crippen molar-refractivity contribution < 1.29 is 10.2 Å². The maximum Gasteiger partial charge on any atom is 0.144 e. The molecule has 0 bridgehead atoms. The van der Waals surface area contributed by atoms with Gasteiger partial charge in [0.05, 0.1) is 0 Å². The number of aliphatic imine (C=N–C) groups is 1. The zero-order valence-electron chi connectivity index (χ0n) is 12.2. The lowest BCUT2D eigenvalue weighted by Crippen LogP contribution is -1.88. The fraction of sp³-hybridized carbons (Fsp3) is 0.235. The van der Waals surface area contributed by atoms with E-state index in [0.29, 0.717) is 11.3 Å². The van der Waals surface area contributed by atoms with Crippen LogP contribution in [-0.4, -0.2) is 16.4 Å². The predicted octanol–water partition coefficient (Wildman–Crippen LogP) is 4.08. The van der Waals surface area contributed by atoms with Gasteiger partial charge in [-0.3, -0.25) is 4.99 Å². The summed E-state index contributed by atoms with van der Waals surface area (Å²) < 4.78 is 0. The van der Waals surface area contributed by atoms with Crippen LogP contribution in [-0.2, 0) is 0 Å². The Morgan fingerprint density at radius 2 is 1.35 bits per heavy atom. The highest BCUT2D eigenvalue weighted by molar-refractivity contribution is 5.87. The van der Waals surface area contributed by atoms with Gasteiger partial charge in [0.15, 0.2) is 0 Å². The van der Waals surface area contributed by atoms with Crippen LogP contribution in [0, 0.1) is 27.7 Å². The molecule has 2 aromatic carbocycles. The minimum atomic E-state index is 0.177. The number of benzene rings is 2. The average molecular weight is 269 g/mol. The SMILES string of the molecule is Cc1cc(C)c(O)c(C=Nc2cc(C)cc(C)c2O)c1. The molecule has 0 aliphatic carbocycles. The molecule has 3 nitrogen and oxygen atoms in total. The minimum absolute atomic E-state index is 0.177. The number of aromatic hydroxyl groups is 2. The van der Waals surface area contributed by atoms with Gasteiger partial charge in [0, 0.05) is 11.8 Å². The Balaban J connectivity index is 2.45. The van der Waals surface area contributed by atoms with Crippen LogP contribution in [0.1, 0.15) is 27.8 Å². The summed E-state index contributed by atoms with van der Waals surface area (Å²) in [6.45, 7) is 7.63. The van der Waals surface area contributed by atoms with E-state index >= 15 is 0 Å². The predicted molar refractivity (Wildman–Crippen MR) is 82.4 cm³/mol. The Morgan fingerprint density at radius 1 is 0.800 bits per heavy atom. The number of phenols is 2. The molecule has 0 aliphatic rings. The Kier molecular flexibility index (Phi) is 3.79. The zero-order chi connectivity index (χ0) is 14.9. The van der Waals surface area contributed by atoms with Crippen molar-refractivity contribution in [3.63, 3.8) is 0 Å². The second kappa shape index (κ2) is 5.37. The molecule has 0 fully saturated rings. The van der Waals surface area contributed by atoms with Crippen molar-refractivity contribution in [2.45, 2.75) is 27.7 Å². The van der Waals surface area contributed by atoms with Crippen LogP contribution < -0.4 is 0 Å². The summed E-state index contributed by atoms with van der Waals surface area (Å²) in [5.41, 5.74) is 4.88. The number of phenolic OH excluding ortho intramolecular Hbond substituents is 2. The Bertz CT molecular complexity index is 628. The quantitative estimate of drug-likeness (QED) is 0.807. The van der Waals surface area contributed by atoms with Crippen LogP contribution in [0.25, 0.3) is 0 Å². The van der Waals surface area contributed by atoms with Crippen LogP contribution in [0.15, 0.2) is 29.3 Å². The first kappa shape index (κ1) is 14.1. The van der Waals surface area contributed by atoms with Crippen LogP contribution in [0.2, 0.25) is 0 Å². The minimum Gasteiger partial charge on any atom is -0.507 e. The van der Waals surface area contributed by atoms with Crippen molar-refractivity contribution in [1.82, 2.24) is 0 Å². The monoisotopic (exact) mass is 269 g/mol. The summed E-state index contributed by atoms with van der Waals surface area (Å²) in [7, 11) is 0. The molecule has 0 unspecified atom stereocenters. The summed E-state index contributed by atoms with van der Waals surface area (Å²) in [4.78, 5) is 4.31. The first-order chi connectivity index (χ1) is 9.38. The fourth-order valence-electron chi connectivity index (χ4n) is 2.27. The van der Waals surface area contributed by atoms with E-state index in [1.807, 2.05) is 52.0 Å². The molecule has 0 saturated carbocycles. The smallest absolute Gasteiger partial charge is 0.144 e. The van der Waals surface area contributed by atoms with E-state index in [-0.39, 0.29) is 11.5 Å². The van der Waals surface area contributed by atoms with E-state index in [1.165, 1.54) is 0 Å². The first-order valence-electron chi connectivity index (χ1n) is 6.53. The van der Waals surface area contributed by atoms with E-state index in [9.17, 15) is 10.2 Å². The van der Waals surface area contributed by atoms with Gasteiger partial charge in [0.25, 0.3) is 0 Å².